The lowest BCUT2D eigenvalue weighted by Gasteiger charge is -2.29. The Morgan fingerprint density at radius 3 is 2.50 bits per heavy atom. The van der Waals surface area contributed by atoms with Gasteiger partial charge in [0.25, 0.3) is 0 Å². The number of rotatable bonds is 3. The first-order chi connectivity index (χ1) is 7.77. The molecule has 16 heavy (non-hydrogen) atoms. The van der Waals surface area contributed by atoms with Gasteiger partial charge >= 0.3 is 0 Å². The second-order valence-electron chi connectivity index (χ2n) is 4.21. The molecule has 0 aromatic carbocycles. The monoisotopic (exact) mass is 352 g/mol. The third-order valence-electron chi connectivity index (χ3n) is 3.14. The Hall–Kier alpha value is 0.250. The molecule has 0 unspecified atom stereocenters. The summed E-state index contributed by atoms with van der Waals surface area (Å²) in [5, 5.41) is 0. The number of halogens is 1. The average Bonchev–Trinajstić information content (AvgIpc) is 2.57. The van der Waals surface area contributed by atoms with Crippen LogP contribution in [0.1, 0.15) is 51.3 Å². The molecule has 5 heteroatoms. The van der Waals surface area contributed by atoms with Crippen molar-refractivity contribution in [3.63, 3.8) is 0 Å². The van der Waals surface area contributed by atoms with Crippen molar-refractivity contribution >= 4 is 34.1 Å². The summed E-state index contributed by atoms with van der Waals surface area (Å²) in [6.45, 7) is 2.81. The molecule has 90 valence electrons. The minimum Gasteiger partial charge on any atom is -0.367 e. The van der Waals surface area contributed by atoms with Crippen LogP contribution in [0.3, 0.4) is 0 Å². The maximum absolute atomic E-state index is 6.03. The summed E-state index contributed by atoms with van der Waals surface area (Å²) in [5.41, 5.74) is -0.189. The molecule has 0 saturated heterocycles. The van der Waals surface area contributed by atoms with Crippen molar-refractivity contribution in [1.82, 2.24) is 9.36 Å². The van der Waals surface area contributed by atoms with Gasteiger partial charge in [-0.15, -0.1) is 0 Å². The predicted molar refractivity (Wildman–Crippen MR) is 73.6 cm³/mol. The van der Waals surface area contributed by atoms with Crippen LogP contribution in [0.4, 0.5) is 0 Å². The van der Waals surface area contributed by atoms with Gasteiger partial charge in [0, 0.05) is 6.61 Å². The van der Waals surface area contributed by atoms with Crippen LogP contribution < -0.4 is 0 Å². The zero-order chi connectivity index (χ0) is 11.4. The molecule has 3 nitrogen and oxygen atoms in total. The molecule has 1 aliphatic rings. The van der Waals surface area contributed by atoms with Crippen LogP contribution in [0.25, 0.3) is 0 Å². The van der Waals surface area contributed by atoms with Gasteiger partial charge in [-0.25, -0.2) is 4.98 Å². The van der Waals surface area contributed by atoms with E-state index in [9.17, 15) is 0 Å². The van der Waals surface area contributed by atoms with Crippen molar-refractivity contribution in [1.29, 1.82) is 0 Å². The molecular weight excluding hydrogens is 335 g/mol. The normalized spacial score (nSPS) is 20.6. The first-order valence-corrected chi connectivity index (χ1v) is 7.76. The lowest BCUT2D eigenvalue weighted by atomic mass is 9.93. The quantitative estimate of drug-likeness (QED) is 0.614. The van der Waals surface area contributed by atoms with E-state index in [1.165, 1.54) is 37.2 Å². The molecule has 0 spiro atoms. The van der Waals surface area contributed by atoms with Gasteiger partial charge in [0.05, 0.1) is 0 Å². The summed E-state index contributed by atoms with van der Waals surface area (Å²) in [5.74, 6) is 0.922. The van der Waals surface area contributed by atoms with E-state index in [1.54, 1.807) is 0 Å². The van der Waals surface area contributed by atoms with E-state index in [0.29, 0.717) is 0 Å². The van der Waals surface area contributed by atoms with Crippen molar-refractivity contribution in [2.45, 2.75) is 51.0 Å². The van der Waals surface area contributed by atoms with Crippen LogP contribution in [0.2, 0.25) is 0 Å². The lowest BCUT2D eigenvalue weighted by molar-refractivity contribution is -0.0617. The van der Waals surface area contributed by atoms with Gasteiger partial charge < -0.3 is 4.74 Å². The average molecular weight is 352 g/mol. The molecule has 1 fully saturated rings. The van der Waals surface area contributed by atoms with Crippen LogP contribution in [0.5, 0.6) is 0 Å². The Morgan fingerprint density at radius 1 is 1.31 bits per heavy atom. The van der Waals surface area contributed by atoms with E-state index in [4.69, 9.17) is 4.74 Å². The van der Waals surface area contributed by atoms with Crippen LogP contribution in [-0.2, 0) is 10.3 Å². The van der Waals surface area contributed by atoms with Gasteiger partial charge in [0.2, 0.25) is 0 Å². The molecule has 0 bridgehead atoms. The third kappa shape index (κ3) is 2.73. The van der Waals surface area contributed by atoms with Gasteiger partial charge in [-0.1, -0.05) is 25.7 Å². The fourth-order valence-electron chi connectivity index (χ4n) is 2.40. The zero-order valence-corrected chi connectivity index (χ0v) is 12.5. The smallest absolute Gasteiger partial charge is 0.175 e. The Balaban J connectivity index is 2.25. The Kier molecular flexibility index (Phi) is 4.55. The molecule has 0 atom stereocenters. The van der Waals surface area contributed by atoms with Gasteiger partial charge in [0.1, 0.15) is 5.60 Å². The Morgan fingerprint density at radius 2 is 2.00 bits per heavy atom. The van der Waals surface area contributed by atoms with Crippen LogP contribution in [0.15, 0.2) is 0 Å². The van der Waals surface area contributed by atoms with E-state index in [2.05, 4.69) is 38.9 Å². The highest BCUT2D eigenvalue weighted by molar-refractivity contribution is 14.1. The molecule has 2 rings (SSSR count). The minimum atomic E-state index is -0.189. The first-order valence-electron chi connectivity index (χ1n) is 5.90. The molecule has 1 saturated carbocycles. The number of hydrogen-bond acceptors (Lipinski definition) is 4. The summed E-state index contributed by atoms with van der Waals surface area (Å²) in [6, 6.07) is 0. The standard InChI is InChI=1S/C11H17IN2OS/c1-2-15-11(7-5-3-4-6-8-11)9-13-10(12)16-14-9/h2-8H2,1H3. The van der Waals surface area contributed by atoms with Crippen LogP contribution in [0, 0.1) is 3.01 Å². The van der Waals surface area contributed by atoms with Crippen molar-refractivity contribution in [2.24, 2.45) is 0 Å². The number of hydrogen-bond donors (Lipinski definition) is 0. The SMILES string of the molecule is CCOC1(c2nsc(I)n2)CCCCCC1. The van der Waals surface area contributed by atoms with E-state index < -0.39 is 0 Å². The van der Waals surface area contributed by atoms with Gasteiger partial charge in [-0.2, -0.15) is 4.37 Å². The highest BCUT2D eigenvalue weighted by Crippen LogP contribution is 2.38. The fraction of sp³-hybridized carbons (Fsp3) is 0.818. The molecule has 0 aliphatic heterocycles. The zero-order valence-electron chi connectivity index (χ0n) is 9.54. The molecule has 1 heterocycles. The fourth-order valence-corrected chi connectivity index (χ4v) is 3.42. The first kappa shape index (κ1) is 12.7. The minimum absolute atomic E-state index is 0.189. The highest BCUT2D eigenvalue weighted by Gasteiger charge is 2.37. The van der Waals surface area contributed by atoms with E-state index in [1.807, 2.05) is 0 Å². The van der Waals surface area contributed by atoms with Crippen molar-refractivity contribution in [3.8, 4) is 0 Å². The van der Waals surface area contributed by atoms with E-state index >= 15 is 0 Å². The second kappa shape index (κ2) is 5.73. The molecule has 0 radical (unpaired) electrons. The maximum atomic E-state index is 6.03. The van der Waals surface area contributed by atoms with E-state index in [0.717, 1.165) is 28.3 Å². The van der Waals surface area contributed by atoms with Crippen molar-refractivity contribution < 1.29 is 4.74 Å². The van der Waals surface area contributed by atoms with Crippen molar-refractivity contribution in [3.05, 3.63) is 8.84 Å². The van der Waals surface area contributed by atoms with Gasteiger partial charge in [-0.3, -0.25) is 0 Å². The highest BCUT2D eigenvalue weighted by atomic mass is 127. The summed E-state index contributed by atoms with van der Waals surface area (Å²) < 4.78 is 11.5. The molecule has 0 N–H and O–H groups in total. The number of aromatic nitrogens is 2. The summed E-state index contributed by atoms with van der Waals surface area (Å²) in [7, 11) is 0. The molecule has 1 aromatic heterocycles. The van der Waals surface area contributed by atoms with Crippen LogP contribution in [-0.4, -0.2) is 16.0 Å². The summed E-state index contributed by atoms with van der Waals surface area (Å²) in [6.07, 6.45) is 7.25. The Bertz CT molecular complexity index is 334. The largest absolute Gasteiger partial charge is 0.367 e. The van der Waals surface area contributed by atoms with Gasteiger partial charge in [-0.05, 0) is 53.9 Å². The number of ether oxygens (including phenoxy) is 1. The van der Waals surface area contributed by atoms with Crippen molar-refractivity contribution in [2.75, 3.05) is 6.61 Å². The molecular formula is C11H17IN2OS. The third-order valence-corrected chi connectivity index (χ3v) is 4.48. The summed E-state index contributed by atoms with van der Waals surface area (Å²) >= 11 is 3.71. The predicted octanol–water partition coefficient (Wildman–Crippen LogP) is 3.73. The van der Waals surface area contributed by atoms with E-state index in [-0.39, 0.29) is 5.60 Å². The molecule has 0 amide bonds. The molecule has 1 aliphatic carbocycles. The summed E-state index contributed by atoms with van der Waals surface area (Å²) in [4.78, 5) is 4.54. The second-order valence-corrected chi connectivity index (χ2v) is 6.72. The maximum Gasteiger partial charge on any atom is 0.175 e. The number of nitrogens with zero attached hydrogens (tertiary/aromatic N) is 2. The Labute approximate surface area is 114 Å². The lowest BCUT2D eigenvalue weighted by Crippen LogP contribution is -2.30. The van der Waals surface area contributed by atoms with Gasteiger partial charge in [0.15, 0.2) is 8.84 Å². The topological polar surface area (TPSA) is 35.0 Å². The molecule has 1 aromatic rings. The van der Waals surface area contributed by atoms with Crippen LogP contribution >= 0.6 is 34.1 Å².